The van der Waals surface area contributed by atoms with Gasteiger partial charge in [0, 0.05) is 6.54 Å². The first-order valence-corrected chi connectivity index (χ1v) is 5.83. The molecule has 1 saturated heterocycles. The average Bonchev–Trinajstić information content (AvgIpc) is 2.15. The molecule has 0 aromatic rings. The van der Waals surface area contributed by atoms with Gasteiger partial charge < -0.3 is 15.8 Å². The highest BCUT2D eigenvalue weighted by molar-refractivity contribution is 5.90. The van der Waals surface area contributed by atoms with Crippen molar-refractivity contribution in [1.29, 1.82) is 0 Å². The van der Waals surface area contributed by atoms with E-state index >= 15 is 0 Å². The molecule has 0 aromatic carbocycles. The van der Waals surface area contributed by atoms with Gasteiger partial charge in [-0.2, -0.15) is 0 Å². The maximum Gasteiger partial charge on any atom is 0.418 e. The SMILES string of the molecule is CC(C)(C)OC(=O)N(C(N)=O)C1CCCNC1. The maximum absolute atomic E-state index is 11.9. The fourth-order valence-electron chi connectivity index (χ4n) is 1.78. The van der Waals surface area contributed by atoms with Gasteiger partial charge in [0.25, 0.3) is 0 Å². The van der Waals surface area contributed by atoms with E-state index in [0.29, 0.717) is 6.54 Å². The number of amides is 3. The van der Waals surface area contributed by atoms with Gasteiger partial charge in [0.1, 0.15) is 5.60 Å². The van der Waals surface area contributed by atoms with Gasteiger partial charge in [-0.25, -0.2) is 14.5 Å². The Morgan fingerprint density at radius 3 is 2.47 bits per heavy atom. The molecule has 0 radical (unpaired) electrons. The predicted octanol–water partition coefficient (Wildman–Crippen LogP) is 1.05. The van der Waals surface area contributed by atoms with Crippen LogP contribution in [0, 0.1) is 0 Å². The Hall–Kier alpha value is -1.30. The van der Waals surface area contributed by atoms with Gasteiger partial charge in [-0.1, -0.05) is 0 Å². The number of rotatable bonds is 1. The van der Waals surface area contributed by atoms with Crippen LogP contribution in [0.2, 0.25) is 0 Å². The van der Waals surface area contributed by atoms with E-state index in [2.05, 4.69) is 5.32 Å². The number of nitrogens with zero attached hydrogens (tertiary/aromatic N) is 1. The number of hydrogen-bond acceptors (Lipinski definition) is 4. The van der Waals surface area contributed by atoms with Crippen LogP contribution in [0.15, 0.2) is 0 Å². The van der Waals surface area contributed by atoms with Crippen LogP contribution >= 0.6 is 0 Å². The van der Waals surface area contributed by atoms with Gasteiger partial charge in [0.15, 0.2) is 0 Å². The zero-order valence-corrected chi connectivity index (χ0v) is 10.7. The first-order valence-electron chi connectivity index (χ1n) is 5.83. The van der Waals surface area contributed by atoms with Gasteiger partial charge in [-0.05, 0) is 40.2 Å². The molecule has 0 aliphatic carbocycles. The Labute approximate surface area is 101 Å². The third-order valence-electron chi connectivity index (χ3n) is 2.46. The summed E-state index contributed by atoms with van der Waals surface area (Å²) in [6.07, 6.45) is 1.01. The molecular weight excluding hydrogens is 222 g/mol. The fourth-order valence-corrected chi connectivity index (χ4v) is 1.78. The molecule has 0 saturated carbocycles. The van der Waals surface area contributed by atoms with Crippen molar-refractivity contribution < 1.29 is 14.3 Å². The summed E-state index contributed by atoms with van der Waals surface area (Å²) in [6.45, 7) is 6.73. The molecule has 1 aliphatic rings. The number of piperidine rings is 1. The van der Waals surface area contributed by atoms with Crippen LogP contribution in [0.5, 0.6) is 0 Å². The van der Waals surface area contributed by atoms with Crippen LogP contribution in [0.3, 0.4) is 0 Å². The highest BCUT2D eigenvalue weighted by Gasteiger charge is 2.32. The topological polar surface area (TPSA) is 84.7 Å². The van der Waals surface area contributed by atoms with Gasteiger partial charge in [0.05, 0.1) is 6.04 Å². The summed E-state index contributed by atoms with van der Waals surface area (Å²) in [7, 11) is 0. The summed E-state index contributed by atoms with van der Waals surface area (Å²) in [5, 5.41) is 3.13. The Morgan fingerprint density at radius 1 is 1.41 bits per heavy atom. The van der Waals surface area contributed by atoms with Crippen LogP contribution in [-0.4, -0.2) is 41.8 Å². The van der Waals surface area contributed by atoms with Crippen molar-refractivity contribution in [3.8, 4) is 0 Å². The number of carbonyl (C=O) groups excluding carboxylic acids is 2. The molecule has 6 nitrogen and oxygen atoms in total. The van der Waals surface area contributed by atoms with E-state index in [0.717, 1.165) is 24.3 Å². The summed E-state index contributed by atoms with van der Waals surface area (Å²) < 4.78 is 5.17. The monoisotopic (exact) mass is 243 g/mol. The minimum atomic E-state index is -0.757. The molecule has 1 atom stereocenters. The number of imide groups is 1. The number of urea groups is 1. The zero-order valence-electron chi connectivity index (χ0n) is 10.7. The van der Waals surface area contributed by atoms with Crippen molar-refractivity contribution in [3.05, 3.63) is 0 Å². The minimum Gasteiger partial charge on any atom is -0.443 e. The van der Waals surface area contributed by atoms with E-state index in [1.807, 2.05) is 0 Å². The lowest BCUT2D eigenvalue weighted by atomic mass is 10.1. The normalized spacial score (nSPS) is 20.8. The molecule has 0 bridgehead atoms. The zero-order chi connectivity index (χ0) is 13.1. The lowest BCUT2D eigenvalue weighted by Gasteiger charge is -2.33. The van der Waals surface area contributed by atoms with Gasteiger partial charge in [-0.15, -0.1) is 0 Å². The lowest BCUT2D eigenvalue weighted by Crippen LogP contribution is -2.54. The molecule has 3 amide bonds. The molecule has 0 aromatic heterocycles. The van der Waals surface area contributed by atoms with Gasteiger partial charge >= 0.3 is 12.1 Å². The summed E-state index contributed by atoms with van der Waals surface area (Å²) in [5.74, 6) is 0. The minimum absolute atomic E-state index is 0.212. The van der Waals surface area contributed by atoms with E-state index in [4.69, 9.17) is 10.5 Å². The van der Waals surface area contributed by atoms with E-state index < -0.39 is 17.7 Å². The smallest absolute Gasteiger partial charge is 0.418 e. The number of primary amides is 1. The van der Waals surface area contributed by atoms with E-state index in [1.165, 1.54) is 0 Å². The molecule has 98 valence electrons. The fraction of sp³-hybridized carbons (Fsp3) is 0.818. The molecule has 1 heterocycles. The van der Waals surface area contributed by atoms with Crippen LogP contribution < -0.4 is 11.1 Å². The standard InChI is InChI=1S/C11H21N3O3/c1-11(2,3)17-10(16)14(9(12)15)8-5-4-6-13-7-8/h8,13H,4-7H2,1-3H3,(H2,12,15). The summed E-state index contributed by atoms with van der Waals surface area (Å²) in [5.41, 5.74) is 4.61. The molecule has 17 heavy (non-hydrogen) atoms. The Balaban J connectivity index is 2.71. The van der Waals surface area contributed by atoms with Crippen molar-refractivity contribution in [2.75, 3.05) is 13.1 Å². The third kappa shape index (κ3) is 4.22. The van der Waals surface area contributed by atoms with Crippen molar-refractivity contribution in [1.82, 2.24) is 10.2 Å². The Bertz CT molecular complexity index is 293. The molecule has 3 N–H and O–H groups in total. The Morgan fingerprint density at radius 2 is 2.06 bits per heavy atom. The van der Waals surface area contributed by atoms with Crippen LogP contribution in [0.1, 0.15) is 33.6 Å². The molecule has 1 rings (SSSR count). The van der Waals surface area contributed by atoms with Gasteiger partial charge in [0.2, 0.25) is 0 Å². The summed E-state index contributed by atoms with van der Waals surface area (Å²) >= 11 is 0. The van der Waals surface area contributed by atoms with Crippen LogP contribution in [-0.2, 0) is 4.74 Å². The van der Waals surface area contributed by atoms with Crippen LogP contribution in [0.25, 0.3) is 0 Å². The molecule has 0 spiro atoms. The molecule has 1 aliphatic heterocycles. The van der Waals surface area contributed by atoms with Gasteiger partial charge in [-0.3, -0.25) is 0 Å². The third-order valence-corrected chi connectivity index (χ3v) is 2.46. The lowest BCUT2D eigenvalue weighted by molar-refractivity contribution is 0.0243. The van der Waals surface area contributed by atoms with Crippen molar-refractivity contribution in [3.63, 3.8) is 0 Å². The second-order valence-electron chi connectivity index (χ2n) is 5.19. The molecule has 1 fully saturated rings. The highest BCUT2D eigenvalue weighted by atomic mass is 16.6. The summed E-state index contributed by atoms with van der Waals surface area (Å²) in [4.78, 5) is 24.2. The number of ether oxygens (including phenoxy) is 1. The largest absolute Gasteiger partial charge is 0.443 e. The summed E-state index contributed by atoms with van der Waals surface area (Å²) in [6, 6.07) is -0.968. The molecule has 6 heteroatoms. The Kier molecular flexibility index (Phi) is 4.34. The molecular formula is C11H21N3O3. The van der Waals surface area contributed by atoms with Crippen molar-refractivity contribution >= 4 is 12.1 Å². The average molecular weight is 243 g/mol. The van der Waals surface area contributed by atoms with Crippen LogP contribution in [0.4, 0.5) is 9.59 Å². The number of nitrogens with two attached hydrogens (primary N) is 1. The number of nitrogens with one attached hydrogen (secondary N) is 1. The predicted molar refractivity (Wildman–Crippen MR) is 63.5 cm³/mol. The van der Waals surface area contributed by atoms with Crippen molar-refractivity contribution in [2.45, 2.75) is 45.3 Å². The molecule has 1 unspecified atom stereocenters. The van der Waals surface area contributed by atoms with Crippen molar-refractivity contribution in [2.24, 2.45) is 5.73 Å². The van der Waals surface area contributed by atoms with E-state index in [1.54, 1.807) is 20.8 Å². The first kappa shape index (κ1) is 13.8. The highest BCUT2D eigenvalue weighted by Crippen LogP contribution is 2.15. The first-order chi connectivity index (χ1) is 7.81. The quantitative estimate of drug-likeness (QED) is 0.721. The maximum atomic E-state index is 11.9. The second-order valence-corrected chi connectivity index (χ2v) is 5.19. The van der Waals surface area contributed by atoms with E-state index in [9.17, 15) is 9.59 Å². The number of carbonyl (C=O) groups is 2. The number of hydrogen-bond donors (Lipinski definition) is 2. The van der Waals surface area contributed by atoms with E-state index in [-0.39, 0.29) is 6.04 Å². The second kappa shape index (κ2) is 5.35.